The minimum absolute atomic E-state index is 0.767. The van der Waals surface area contributed by atoms with E-state index in [1.54, 1.807) is 0 Å². The molecule has 0 atom stereocenters. The van der Waals surface area contributed by atoms with Gasteiger partial charge in [0.1, 0.15) is 0 Å². The number of rotatable bonds is 5. The zero-order valence-corrected chi connectivity index (χ0v) is 12.9. The molecule has 0 spiro atoms. The number of benzene rings is 1. The van der Waals surface area contributed by atoms with Crippen LogP contribution >= 0.6 is 11.6 Å². The molecule has 2 aromatic rings. The van der Waals surface area contributed by atoms with Crippen LogP contribution in [0.1, 0.15) is 6.42 Å². The van der Waals surface area contributed by atoms with Gasteiger partial charge in [-0.2, -0.15) is 0 Å². The standard InChI is InChI=1S/C16H21ClN4/c17-15-4-2-14(3-5-15)16-12-19-13-21(16)9-1-8-20-10-6-18-7-11-20/h2-5,12-13,18H,1,6-11H2. The van der Waals surface area contributed by atoms with Crippen molar-refractivity contribution >= 4 is 11.6 Å². The maximum absolute atomic E-state index is 5.95. The van der Waals surface area contributed by atoms with Gasteiger partial charge in [-0.15, -0.1) is 0 Å². The zero-order chi connectivity index (χ0) is 14.5. The average molecular weight is 305 g/mol. The Morgan fingerprint density at radius 2 is 1.86 bits per heavy atom. The number of hydrogen-bond donors (Lipinski definition) is 1. The lowest BCUT2D eigenvalue weighted by Gasteiger charge is -2.27. The molecule has 1 aliphatic heterocycles. The normalized spacial score (nSPS) is 16.2. The second-order valence-corrected chi connectivity index (χ2v) is 5.86. The van der Waals surface area contributed by atoms with Gasteiger partial charge in [-0.25, -0.2) is 4.98 Å². The molecule has 4 nitrogen and oxygen atoms in total. The topological polar surface area (TPSA) is 33.1 Å². The van der Waals surface area contributed by atoms with E-state index >= 15 is 0 Å². The third-order valence-corrected chi connectivity index (χ3v) is 4.19. The van der Waals surface area contributed by atoms with Crippen LogP contribution < -0.4 is 5.32 Å². The van der Waals surface area contributed by atoms with E-state index in [2.05, 4.69) is 19.8 Å². The first-order valence-electron chi connectivity index (χ1n) is 7.52. The molecule has 0 amide bonds. The second kappa shape index (κ2) is 7.07. The fraction of sp³-hybridized carbons (Fsp3) is 0.438. The number of halogens is 1. The van der Waals surface area contributed by atoms with Crippen LogP contribution in [-0.4, -0.2) is 47.2 Å². The number of nitrogens with zero attached hydrogens (tertiary/aromatic N) is 3. The number of imidazole rings is 1. The summed E-state index contributed by atoms with van der Waals surface area (Å²) in [4.78, 5) is 6.82. The molecule has 3 rings (SSSR count). The summed E-state index contributed by atoms with van der Waals surface area (Å²) >= 11 is 5.95. The minimum Gasteiger partial charge on any atom is -0.331 e. The molecule has 0 aliphatic carbocycles. The van der Waals surface area contributed by atoms with Crippen molar-refractivity contribution in [1.29, 1.82) is 0 Å². The summed E-state index contributed by atoms with van der Waals surface area (Å²) in [6, 6.07) is 7.95. The predicted molar refractivity (Wildman–Crippen MR) is 86.6 cm³/mol. The number of piperazine rings is 1. The van der Waals surface area contributed by atoms with Crippen molar-refractivity contribution in [2.24, 2.45) is 0 Å². The summed E-state index contributed by atoms with van der Waals surface area (Å²) in [7, 11) is 0. The van der Waals surface area contributed by atoms with Gasteiger partial charge in [-0.05, 0) is 30.7 Å². The van der Waals surface area contributed by atoms with Gasteiger partial charge in [0.15, 0.2) is 0 Å². The fourth-order valence-electron chi connectivity index (χ4n) is 2.76. The van der Waals surface area contributed by atoms with Gasteiger partial charge in [0.05, 0.1) is 18.2 Å². The van der Waals surface area contributed by atoms with E-state index in [1.807, 2.05) is 36.8 Å². The summed E-state index contributed by atoms with van der Waals surface area (Å²) in [6.07, 6.45) is 4.99. The number of aromatic nitrogens is 2. The third-order valence-electron chi connectivity index (χ3n) is 3.94. The van der Waals surface area contributed by atoms with Crippen LogP contribution in [0.3, 0.4) is 0 Å². The van der Waals surface area contributed by atoms with Crippen LogP contribution in [0.25, 0.3) is 11.3 Å². The summed E-state index contributed by atoms with van der Waals surface area (Å²) < 4.78 is 2.23. The lowest BCUT2D eigenvalue weighted by Crippen LogP contribution is -2.43. The zero-order valence-electron chi connectivity index (χ0n) is 12.1. The summed E-state index contributed by atoms with van der Waals surface area (Å²) in [5.74, 6) is 0. The van der Waals surface area contributed by atoms with E-state index in [1.165, 1.54) is 5.56 Å². The molecular formula is C16H21ClN4. The Balaban J connectivity index is 1.59. The van der Waals surface area contributed by atoms with Gasteiger partial charge in [-0.3, -0.25) is 0 Å². The van der Waals surface area contributed by atoms with Gasteiger partial charge in [0, 0.05) is 37.7 Å². The molecule has 112 valence electrons. The van der Waals surface area contributed by atoms with Gasteiger partial charge < -0.3 is 14.8 Å². The van der Waals surface area contributed by atoms with E-state index in [0.717, 1.165) is 56.4 Å². The van der Waals surface area contributed by atoms with E-state index in [0.29, 0.717) is 0 Å². The summed E-state index contributed by atoms with van der Waals surface area (Å²) in [6.45, 7) is 6.70. The van der Waals surface area contributed by atoms with E-state index in [9.17, 15) is 0 Å². The SMILES string of the molecule is Clc1ccc(-c2cncn2CCCN2CCNCC2)cc1. The highest BCUT2D eigenvalue weighted by molar-refractivity contribution is 6.30. The lowest BCUT2D eigenvalue weighted by atomic mass is 10.1. The fourth-order valence-corrected chi connectivity index (χ4v) is 2.89. The van der Waals surface area contributed by atoms with Crippen LogP contribution in [-0.2, 0) is 6.54 Å². The Bertz CT molecular complexity index is 558. The molecule has 1 N–H and O–H groups in total. The van der Waals surface area contributed by atoms with E-state index in [4.69, 9.17) is 11.6 Å². The Labute approximate surface area is 130 Å². The van der Waals surface area contributed by atoms with Crippen LogP contribution in [0.2, 0.25) is 5.02 Å². The Morgan fingerprint density at radius 3 is 2.62 bits per heavy atom. The smallest absolute Gasteiger partial charge is 0.0950 e. The van der Waals surface area contributed by atoms with Crippen LogP contribution in [0.5, 0.6) is 0 Å². The van der Waals surface area contributed by atoms with Crippen molar-refractivity contribution < 1.29 is 0 Å². The summed E-state index contributed by atoms with van der Waals surface area (Å²) in [5.41, 5.74) is 2.33. The Morgan fingerprint density at radius 1 is 1.10 bits per heavy atom. The Hall–Kier alpha value is -1.36. The quantitative estimate of drug-likeness (QED) is 0.921. The van der Waals surface area contributed by atoms with Gasteiger partial charge >= 0.3 is 0 Å². The first-order valence-corrected chi connectivity index (χ1v) is 7.90. The molecule has 1 aliphatic rings. The third kappa shape index (κ3) is 3.84. The molecule has 1 fully saturated rings. The van der Waals surface area contributed by atoms with E-state index in [-0.39, 0.29) is 0 Å². The van der Waals surface area contributed by atoms with Crippen LogP contribution in [0.15, 0.2) is 36.8 Å². The van der Waals surface area contributed by atoms with Gasteiger partial charge in [0.25, 0.3) is 0 Å². The second-order valence-electron chi connectivity index (χ2n) is 5.42. The van der Waals surface area contributed by atoms with Crippen molar-refractivity contribution in [2.45, 2.75) is 13.0 Å². The molecule has 0 saturated carbocycles. The van der Waals surface area contributed by atoms with Crippen LogP contribution in [0, 0.1) is 0 Å². The summed E-state index contributed by atoms with van der Waals surface area (Å²) in [5, 5.41) is 4.15. The van der Waals surface area contributed by atoms with Crippen LogP contribution in [0.4, 0.5) is 0 Å². The minimum atomic E-state index is 0.767. The Kier molecular flexibility index (Phi) is 4.91. The first kappa shape index (κ1) is 14.6. The molecule has 21 heavy (non-hydrogen) atoms. The number of aryl methyl sites for hydroxylation is 1. The highest BCUT2D eigenvalue weighted by atomic mass is 35.5. The largest absolute Gasteiger partial charge is 0.331 e. The molecule has 0 bridgehead atoms. The number of nitrogens with one attached hydrogen (secondary N) is 1. The molecular weight excluding hydrogens is 284 g/mol. The van der Waals surface area contributed by atoms with Gasteiger partial charge in [0.2, 0.25) is 0 Å². The van der Waals surface area contributed by atoms with Crippen molar-refractivity contribution in [3.8, 4) is 11.3 Å². The lowest BCUT2D eigenvalue weighted by molar-refractivity contribution is 0.235. The highest BCUT2D eigenvalue weighted by Gasteiger charge is 2.09. The molecule has 2 heterocycles. The molecule has 0 unspecified atom stereocenters. The molecule has 0 radical (unpaired) electrons. The van der Waals surface area contributed by atoms with Gasteiger partial charge in [-0.1, -0.05) is 23.7 Å². The molecule has 1 saturated heterocycles. The highest BCUT2D eigenvalue weighted by Crippen LogP contribution is 2.21. The maximum Gasteiger partial charge on any atom is 0.0950 e. The maximum atomic E-state index is 5.95. The molecule has 1 aromatic heterocycles. The van der Waals surface area contributed by atoms with Crippen molar-refractivity contribution in [2.75, 3.05) is 32.7 Å². The number of hydrogen-bond acceptors (Lipinski definition) is 3. The average Bonchev–Trinajstić information content (AvgIpc) is 2.98. The van der Waals surface area contributed by atoms with Crippen molar-refractivity contribution in [3.05, 3.63) is 41.8 Å². The monoisotopic (exact) mass is 304 g/mol. The van der Waals surface area contributed by atoms with E-state index < -0.39 is 0 Å². The molecule has 1 aromatic carbocycles. The van der Waals surface area contributed by atoms with Crippen molar-refractivity contribution in [3.63, 3.8) is 0 Å². The van der Waals surface area contributed by atoms with Crippen molar-refractivity contribution in [1.82, 2.24) is 19.8 Å². The first-order chi connectivity index (χ1) is 10.3. The predicted octanol–water partition coefficient (Wildman–Crippen LogP) is 2.50. The molecule has 5 heteroatoms.